The SMILES string of the molecule is Cc1cc(C)c(B(c2ccc3c(N(c4cccc5nscc45)c4cccc5nscc45)c4ccc(B5c6c(C)cc(C)cc6Cc6cc(C)cc(C)c65)cc4nc3c2)c2c(C)cc(C)cc2C)c(C)c1. The summed E-state index contributed by atoms with van der Waals surface area (Å²) in [5, 5.41) is 8.79. The predicted molar refractivity (Wildman–Crippen MR) is 306 cm³/mol. The van der Waals surface area contributed by atoms with Crippen molar-refractivity contribution in [2.45, 2.75) is 75.7 Å². The number of aromatic nitrogens is 3. The summed E-state index contributed by atoms with van der Waals surface area (Å²) in [6.07, 6.45) is 0.942. The van der Waals surface area contributed by atoms with Crippen molar-refractivity contribution in [2.24, 2.45) is 0 Å². The van der Waals surface area contributed by atoms with Gasteiger partial charge >= 0.3 is 0 Å². The second-order valence-corrected chi connectivity index (χ2v) is 21.6. The molecule has 70 heavy (non-hydrogen) atoms. The lowest BCUT2D eigenvalue weighted by molar-refractivity contribution is 1.16. The van der Waals surface area contributed by atoms with Gasteiger partial charge in [0.05, 0.1) is 39.1 Å². The van der Waals surface area contributed by atoms with Gasteiger partial charge in [0, 0.05) is 32.3 Å². The quantitative estimate of drug-likeness (QED) is 0.118. The Morgan fingerprint density at radius 2 is 0.914 bits per heavy atom. The summed E-state index contributed by atoms with van der Waals surface area (Å²) >= 11 is 3.01. The molecule has 0 saturated heterocycles. The van der Waals surface area contributed by atoms with Gasteiger partial charge in [-0.3, -0.25) is 0 Å². The van der Waals surface area contributed by atoms with E-state index in [1.54, 1.807) is 0 Å². The summed E-state index contributed by atoms with van der Waals surface area (Å²) in [4.78, 5) is 8.34. The molecule has 3 aromatic heterocycles. The zero-order valence-electron chi connectivity index (χ0n) is 41.7. The first-order valence-electron chi connectivity index (χ1n) is 24.5. The van der Waals surface area contributed by atoms with Gasteiger partial charge in [-0.2, -0.15) is 8.75 Å². The van der Waals surface area contributed by atoms with E-state index in [2.05, 4.69) is 206 Å². The normalized spacial score (nSPS) is 12.3. The predicted octanol–water partition coefficient (Wildman–Crippen LogP) is 12.1. The number of hydrogen-bond donors (Lipinski definition) is 0. The van der Waals surface area contributed by atoms with Crippen molar-refractivity contribution in [1.29, 1.82) is 0 Å². The van der Waals surface area contributed by atoms with Crippen molar-refractivity contribution >= 4 is 130 Å². The minimum atomic E-state index is -0.00153. The molecule has 0 amide bonds. The van der Waals surface area contributed by atoms with Gasteiger partial charge in [0.15, 0.2) is 0 Å². The zero-order valence-corrected chi connectivity index (χ0v) is 43.3. The Kier molecular flexibility index (Phi) is 10.7. The Morgan fingerprint density at radius 3 is 1.43 bits per heavy atom. The molecule has 0 spiro atoms. The molecule has 8 heteroatoms. The van der Waals surface area contributed by atoms with Crippen LogP contribution >= 0.6 is 23.1 Å². The Bertz CT molecular complexity index is 3740. The van der Waals surface area contributed by atoms with Crippen LogP contribution in [0.15, 0.2) is 132 Å². The summed E-state index contributed by atoms with van der Waals surface area (Å²) in [6, 6.07) is 46.4. The molecule has 0 aliphatic carbocycles. The zero-order chi connectivity index (χ0) is 48.3. The lowest BCUT2D eigenvalue weighted by Gasteiger charge is -2.32. The Morgan fingerprint density at radius 1 is 0.457 bits per heavy atom. The van der Waals surface area contributed by atoms with E-state index >= 15 is 0 Å². The number of anilines is 3. The first-order valence-corrected chi connectivity index (χ1v) is 26.2. The van der Waals surface area contributed by atoms with Crippen LogP contribution in [0.2, 0.25) is 0 Å². The smallest absolute Gasteiger partial charge is 0.242 e. The van der Waals surface area contributed by atoms with Gasteiger partial charge < -0.3 is 4.90 Å². The molecule has 0 atom stereocenters. The van der Waals surface area contributed by atoms with Gasteiger partial charge in [0.25, 0.3) is 0 Å². The molecule has 0 fully saturated rings. The van der Waals surface area contributed by atoms with Gasteiger partial charge in [-0.1, -0.05) is 173 Å². The maximum absolute atomic E-state index is 5.85. The molecule has 0 unspecified atom stereocenters. The molecule has 0 radical (unpaired) electrons. The number of benzene rings is 8. The van der Waals surface area contributed by atoms with Crippen LogP contribution in [0.1, 0.15) is 66.8 Å². The molecule has 1 aliphatic heterocycles. The average Bonchev–Trinajstić information content (AvgIpc) is 4.00. The van der Waals surface area contributed by atoms with E-state index in [-0.39, 0.29) is 13.4 Å². The fraction of sp³-hybridized carbons (Fsp3) is 0.177. The highest BCUT2D eigenvalue weighted by Crippen LogP contribution is 2.47. The van der Waals surface area contributed by atoms with Gasteiger partial charge in [0.1, 0.15) is 0 Å². The van der Waals surface area contributed by atoms with Crippen LogP contribution in [0.5, 0.6) is 0 Å². The third-order valence-electron chi connectivity index (χ3n) is 15.2. The van der Waals surface area contributed by atoms with Crippen molar-refractivity contribution < 1.29 is 0 Å². The molecule has 4 nitrogen and oxygen atoms in total. The van der Waals surface area contributed by atoms with E-state index in [0.717, 1.165) is 67.1 Å². The van der Waals surface area contributed by atoms with Gasteiger partial charge in [-0.15, -0.1) is 0 Å². The molecule has 0 bridgehead atoms. The molecule has 0 N–H and O–H groups in total. The maximum Gasteiger partial charge on any atom is 0.242 e. The molecule has 4 heterocycles. The highest BCUT2D eigenvalue weighted by Gasteiger charge is 2.35. The third-order valence-corrected chi connectivity index (χ3v) is 16.5. The standard InChI is InChI=1S/C62H54B2N4S2/c1-34-21-38(5)58(39(6)22-34)63(59-40(7)23-35(2)24-41(59)8)46-17-19-48-54(30-46)65-55-31-47(64-60-42(9)25-36(3)27-44(60)29-45-28-37(4)26-43(10)61(45)64)18-20-49(55)62(48)68(56-15-11-13-52-50(56)32-69-66-52)57-16-12-14-53-51(57)33-70-67-53/h11-28,30-33H,29H2,1-10H3. The number of hydrogen-bond acceptors (Lipinski definition) is 6. The summed E-state index contributed by atoms with van der Waals surface area (Å²) < 4.78 is 9.74. The molecule has 0 saturated carbocycles. The summed E-state index contributed by atoms with van der Waals surface area (Å²) in [7, 11) is 0. The first-order chi connectivity index (χ1) is 33.8. The number of rotatable bonds is 7. The van der Waals surface area contributed by atoms with E-state index in [0.29, 0.717) is 0 Å². The van der Waals surface area contributed by atoms with Crippen molar-refractivity contribution in [3.05, 3.63) is 199 Å². The van der Waals surface area contributed by atoms with Gasteiger partial charge in [-0.05, 0) is 146 Å². The monoisotopic (exact) mass is 940 g/mol. The number of fused-ring (bicyclic) bond motifs is 6. The van der Waals surface area contributed by atoms with Crippen LogP contribution in [0.4, 0.5) is 17.1 Å². The number of pyridine rings is 1. The van der Waals surface area contributed by atoms with Crippen LogP contribution in [0, 0.1) is 69.2 Å². The lowest BCUT2D eigenvalue weighted by atomic mass is 9.32. The second kappa shape index (κ2) is 16.9. The summed E-state index contributed by atoms with van der Waals surface area (Å²) in [6.45, 7) is 22.7. The molecular weight excluding hydrogens is 886 g/mol. The fourth-order valence-electron chi connectivity index (χ4n) is 12.8. The molecule has 11 aromatic rings. The lowest BCUT2D eigenvalue weighted by Crippen LogP contribution is -2.58. The van der Waals surface area contributed by atoms with E-state index < -0.39 is 0 Å². The fourth-order valence-corrected chi connectivity index (χ4v) is 14.1. The van der Waals surface area contributed by atoms with Crippen molar-refractivity contribution in [2.75, 3.05) is 4.90 Å². The molecule has 340 valence electrons. The summed E-state index contributed by atoms with van der Waals surface area (Å²) in [5.41, 5.74) is 31.2. The van der Waals surface area contributed by atoms with E-state index in [9.17, 15) is 0 Å². The highest BCUT2D eigenvalue weighted by molar-refractivity contribution is 7.05. The molecule has 12 rings (SSSR count). The van der Waals surface area contributed by atoms with Crippen molar-refractivity contribution in [3.63, 3.8) is 0 Å². The van der Waals surface area contributed by atoms with Gasteiger partial charge in [-0.25, -0.2) is 4.98 Å². The number of aryl methyl sites for hydroxylation is 10. The van der Waals surface area contributed by atoms with Crippen LogP contribution < -0.4 is 37.7 Å². The minimum Gasteiger partial charge on any atom is -0.308 e. The third kappa shape index (κ3) is 7.21. The van der Waals surface area contributed by atoms with Crippen LogP contribution in [-0.2, 0) is 6.42 Å². The van der Waals surface area contributed by atoms with Gasteiger partial charge in [0.2, 0.25) is 13.4 Å². The van der Waals surface area contributed by atoms with E-state index in [1.807, 2.05) is 0 Å². The van der Waals surface area contributed by atoms with E-state index in [4.69, 9.17) is 13.7 Å². The number of nitrogens with zero attached hydrogens (tertiary/aromatic N) is 4. The van der Waals surface area contributed by atoms with E-state index in [1.165, 1.54) is 123 Å². The molecular formula is C62H54B2N4S2. The second-order valence-electron chi connectivity index (χ2n) is 20.4. The van der Waals surface area contributed by atoms with Crippen LogP contribution in [0.3, 0.4) is 0 Å². The average molecular weight is 941 g/mol. The Hall–Kier alpha value is -6.86. The molecule has 8 aromatic carbocycles. The minimum absolute atomic E-state index is 0.00153. The van der Waals surface area contributed by atoms with Crippen molar-refractivity contribution in [1.82, 2.24) is 13.7 Å². The summed E-state index contributed by atoms with van der Waals surface area (Å²) in [5.74, 6) is 0. The highest BCUT2D eigenvalue weighted by atomic mass is 32.1. The first kappa shape index (κ1) is 44.4. The Balaban J connectivity index is 1.20. The maximum atomic E-state index is 5.85. The van der Waals surface area contributed by atoms with Crippen molar-refractivity contribution in [3.8, 4) is 0 Å². The van der Waals surface area contributed by atoms with Crippen LogP contribution in [-0.4, -0.2) is 27.2 Å². The molecule has 1 aliphatic rings. The van der Waals surface area contributed by atoms with Crippen LogP contribution in [0.25, 0.3) is 43.6 Å². The topological polar surface area (TPSA) is 41.9 Å². The largest absolute Gasteiger partial charge is 0.308 e. The Labute approximate surface area is 420 Å².